The first-order chi connectivity index (χ1) is 12.6. The zero-order valence-corrected chi connectivity index (χ0v) is 15.6. The minimum atomic E-state index is -0.152. The normalized spacial score (nSPS) is 14.1. The summed E-state index contributed by atoms with van der Waals surface area (Å²) in [7, 11) is 3.12. The first-order valence-electron chi connectivity index (χ1n) is 8.56. The monoisotopic (exact) mass is 375 g/mol. The molecule has 1 saturated carbocycles. The number of pyridine rings is 1. The van der Waals surface area contributed by atoms with Gasteiger partial charge in [-0.2, -0.15) is 0 Å². The van der Waals surface area contributed by atoms with Crippen LogP contribution in [0.4, 0.5) is 11.4 Å². The van der Waals surface area contributed by atoms with Crippen LogP contribution < -0.4 is 20.1 Å². The van der Waals surface area contributed by atoms with Crippen molar-refractivity contribution in [3.8, 4) is 11.5 Å². The Balaban J connectivity index is 1.79. The zero-order valence-electron chi connectivity index (χ0n) is 14.8. The highest BCUT2D eigenvalue weighted by Crippen LogP contribution is 2.37. The molecule has 7 heteroatoms. The van der Waals surface area contributed by atoms with Gasteiger partial charge in [-0.15, -0.1) is 0 Å². The van der Waals surface area contributed by atoms with Crippen molar-refractivity contribution in [2.45, 2.75) is 31.7 Å². The maximum Gasteiger partial charge on any atom is 0.270 e. The number of amides is 1. The summed E-state index contributed by atoms with van der Waals surface area (Å²) >= 11 is 6.14. The van der Waals surface area contributed by atoms with E-state index < -0.39 is 0 Å². The quantitative estimate of drug-likeness (QED) is 0.792. The molecule has 3 rings (SSSR count). The van der Waals surface area contributed by atoms with Gasteiger partial charge in [0.25, 0.3) is 5.91 Å². The third kappa shape index (κ3) is 4.19. The number of hydrogen-bond acceptors (Lipinski definition) is 5. The Labute approximate surface area is 157 Å². The van der Waals surface area contributed by atoms with Gasteiger partial charge in [0.1, 0.15) is 17.2 Å². The van der Waals surface area contributed by atoms with Crippen molar-refractivity contribution in [3.63, 3.8) is 0 Å². The van der Waals surface area contributed by atoms with Crippen molar-refractivity contribution in [1.29, 1.82) is 0 Å². The maximum absolute atomic E-state index is 12.4. The second kappa shape index (κ2) is 8.27. The SMILES string of the molecule is COc1cc(Nc2ccnc(C(=O)NC3CCCC3)c2)c(OC)cc1Cl. The smallest absolute Gasteiger partial charge is 0.270 e. The van der Waals surface area contributed by atoms with Crippen molar-refractivity contribution in [1.82, 2.24) is 10.3 Å². The predicted molar refractivity (Wildman–Crippen MR) is 102 cm³/mol. The first kappa shape index (κ1) is 18.3. The van der Waals surface area contributed by atoms with Crippen LogP contribution in [0.1, 0.15) is 36.2 Å². The van der Waals surface area contributed by atoms with Crippen LogP contribution in [0.2, 0.25) is 5.02 Å². The summed E-state index contributed by atoms with van der Waals surface area (Å²) in [4.78, 5) is 16.6. The van der Waals surface area contributed by atoms with E-state index in [2.05, 4.69) is 15.6 Å². The van der Waals surface area contributed by atoms with Crippen molar-refractivity contribution in [2.24, 2.45) is 0 Å². The molecule has 1 aliphatic rings. The standard InChI is InChI=1S/C19H22ClN3O3/c1-25-17-11-15(18(26-2)10-14(17)20)22-13-7-8-21-16(9-13)19(24)23-12-5-3-4-6-12/h7-12H,3-6H2,1-2H3,(H,21,22)(H,23,24). The lowest BCUT2D eigenvalue weighted by Crippen LogP contribution is -2.33. The zero-order chi connectivity index (χ0) is 18.5. The Hall–Kier alpha value is -2.47. The highest BCUT2D eigenvalue weighted by molar-refractivity contribution is 6.32. The molecule has 1 amide bonds. The number of hydrogen-bond donors (Lipinski definition) is 2. The number of rotatable bonds is 6. The Bertz CT molecular complexity index is 792. The van der Waals surface area contributed by atoms with Crippen LogP contribution in [-0.4, -0.2) is 31.2 Å². The topological polar surface area (TPSA) is 72.5 Å². The van der Waals surface area contributed by atoms with Gasteiger partial charge in [-0.1, -0.05) is 24.4 Å². The Kier molecular flexibility index (Phi) is 5.83. The number of methoxy groups -OCH3 is 2. The predicted octanol–water partition coefficient (Wildman–Crippen LogP) is 4.17. The summed E-state index contributed by atoms with van der Waals surface area (Å²) in [6.07, 6.45) is 6.00. The molecule has 2 N–H and O–H groups in total. The number of anilines is 2. The molecule has 0 aliphatic heterocycles. The fourth-order valence-electron chi connectivity index (χ4n) is 3.08. The second-order valence-electron chi connectivity index (χ2n) is 6.20. The van der Waals surface area contributed by atoms with Gasteiger partial charge in [0.2, 0.25) is 0 Å². The summed E-state index contributed by atoms with van der Waals surface area (Å²) < 4.78 is 10.6. The van der Waals surface area contributed by atoms with E-state index in [0.29, 0.717) is 27.9 Å². The number of nitrogens with one attached hydrogen (secondary N) is 2. The van der Waals surface area contributed by atoms with Gasteiger partial charge in [0.15, 0.2) is 0 Å². The second-order valence-corrected chi connectivity index (χ2v) is 6.60. The number of carbonyl (C=O) groups excluding carboxylic acids is 1. The van der Waals surface area contributed by atoms with Crippen LogP contribution in [0, 0.1) is 0 Å². The molecule has 1 heterocycles. The van der Waals surface area contributed by atoms with Crippen molar-refractivity contribution in [2.75, 3.05) is 19.5 Å². The van der Waals surface area contributed by atoms with Gasteiger partial charge in [-0.05, 0) is 25.0 Å². The molecule has 6 nitrogen and oxygen atoms in total. The Morgan fingerprint density at radius 2 is 1.88 bits per heavy atom. The lowest BCUT2D eigenvalue weighted by atomic mass is 10.2. The molecule has 0 spiro atoms. The number of halogens is 1. The molecule has 0 bridgehead atoms. The molecule has 26 heavy (non-hydrogen) atoms. The van der Waals surface area contributed by atoms with Crippen molar-refractivity contribution < 1.29 is 14.3 Å². The van der Waals surface area contributed by atoms with Crippen LogP contribution in [0.3, 0.4) is 0 Å². The summed E-state index contributed by atoms with van der Waals surface area (Å²) in [6, 6.07) is 7.18. The molecule has 1 aliphatic carbocycles. The Morgan fingerprint density at radius 1 is 1.15 bits per heavy atom. The van der Waals surface area contributed by atoms with Crippen molar-refractivity contribution in [3.05, 3.63) is 41.2 Å². The van der Waals surface area contributed by atoms with E-state index in [1.165, 1.54) is 0 Å². The summed E-state index contributed by atoms with van der Waals surface area (Å²) in [6.45, 7) is 0. The van der Waals surface area contributed by atoms with Crippen molar-refractivity contribution >= 4 is 28.9 Å². The van der Waals surface area contributed by atoms with Crippen LogP contribution >= 0.6 is 11.6 Å². The van der Waals surface area contributed by atoms with E-state index in [0.717, 1.165) is 31.4 Å². The van der Waals surface area contributed by atoms with E-state index in [9.17, 15) is 4.79 Å². The van der Waals surface area contributed by atoms with Gasteiger partial charge < -0.3 is 20.1 Å². The van der Waals surface area contributed by atoms with E-state index in [4.69, 9.17) is 21.1 Å². The fourth-order valence-corrected chi connectivity index (χ4v) is 3.31. The van der Waals surface area contributed by atoms with Gasteiger partial charge >= 0.3 is 0 Å². The third-order valence-electron chi connectivity index (χ3n) is 4.44. The molecule has 1 aromatic heterocycles. The molecule has 2 aromatic rings. The Morgan fingerprint density at radius 3 is 2.58 bits per heavy atom. The van der Waals surface area contributed by atoms with Gasteiger partial charge in [0, 0.05) is 30.1 Å². The molecule has 1 fully saturated rings. The van der Waals surface area contributed by atoms with Crippen LogP contribution in [-0.2, 0) is 0 Å². The van der Waals surface area contributed by atoms with E-state index >= 15 is 0 Å². The van der Waals surface area contributed by atoms with E-state index in [1.54, 1.807) is 44.7 Å². The minimum absolute atomic E-state index is 0.152. The number of aromatic nitrogens is 1. The first-order valence-corrected chi connectivity index (χ1v) is 8.94. The summed E-state index contributed by atoms with van der Waals surface area (Å²) in [5, 5.41) is 6.73. The number of nitrogens with zero attached hydrogens (tertiary/aromatic N) is 1. The average Bonchev–Trinajstić information content (AvgIpc) is 3.16. The molecule has 1 aromatic carbocycles. The molecule has 0 radical (unpaired) electrons. The highest BCUT2D eigenvalue weighted by Gasteiger charge is 2.19. The molecule has 0 saturated heterocycles. The number of ether oxygens (including phenoxy) is 2. The summed E-state index contributed by atoms with van der Waals surface area (Å²) in [5.41, 5.74) is 1.78. The molecule has 0 unspecified atom stereocenters. The van der Waals surface area contributed by atoms with Gasteiger partial charge in [-0.3, -0.25) is 9.78 Å². The van der Waals surface area contributed by atoms with Gasteiger partial charge in [0.05, 0.1) is 24.9 Å². The molecule has 138 valence electrons. The third-order valence-corrected chi connectivity index (χ3v) is 4.73. The van der Waals surface area contributed by atoms with E-state index in [-0.39, 0.29) is 11.9 Å². The molecular weight excluding hydrogens is 354 g/mol. The van der Waals surface area contributed by atoms with Crippen LogP contribution in [0.25, 0.3) is 0 Å². The number of benzene rings is 1. The lowest BCUT2D eigenvalue weighted by Gasteiger charge is -2.15. The summed E-state index contributed by atoms with van der Waals surface area (Å²) in [5.74, 6) is 0.953. The van der Waals surface area contributed by atoms with Gasteiger partial charge in [-0.25, -0.2) is 0 Å². The lowest BCUT2D eigenvalue weighted by molar-refractivity contribution is 0.0933. The van der Waals surface area contributed by atoms with E-state index in [1.807, 2.05) is 0 Å². The highest BCUT2D eigenvalue weighted by atomic mass is 35.5. The molecule has 0 atom stereocenters. The maximum atomic E-state index is 12.4. The fraction of sp³-hybridized carbons (Fsp3) is 0.368. The minimum Gasteiger partial charge on any atom is -0.495 e. The van der Waals surface area contributed by atoms with Crippen LogP contribution in [0.5, 0.6) is 11.5 Å². The average molecular weight is 376 g/mol. The largest absolute Gasteiger partial charge is 0.495 e. The van der Waals surface area contributed by atoms with Crippen LogP contribution in [0.15, 0.2) is 30.5 Å². The molecular formula is C19H22ClN3O3. The number of carbonyl (C=O) groups is 1.